The zero-order chi connectivity index (χ0) is 25.9. The first-order valence-corrected chi connectivity index (χ1v) is 13.4. The lowest BCUT2D eigenvalue weighted by molar-refractivity contribution is -0.145. The minimum absolute atomic E-state index is 0.0329. The van der Waals surface area contributed by atoms with Crippen molar-refractivity contribution in [2.24, 2.45) is 22.2 Å². The van der Waals surface area contributed by atoms with Crippen LogP contribution in [0.15, 0.2) is 23.3 Å². The predicted molar refractivity (Wildman–Crippen MR) is 140 cm³/mol. The van der Waals surface area contributed by atoms with E-state index < -0.39 is 11.5 Å². The number of nitrogens with two attached hydrogens (primary N) is 1. The predicted octanol–water partition coefficient (Wildman–Crippen LogP) is 3.96. The summed E-state index contributed by atoms with van der Waals surface area (Å²) in [5.41, 5.74) is 7.55. The highest BCUT2D eigenvalue weighted by Gasteiger charge is 2.42. The molecule has 0 aromatic heterocycles. The number of likely N-dealkylation sites (tertiary alicyclic amines) is 1. The van der Waals surface area contributed by atoms with Crippen molar-refractivity contribution in [1.82, 2.24) is 9.91 Å². The lowest BCUT2D eigenvalue weighted by Crippen LogP contribution is -2.54. The van der Waals surface area contributed by atoms with Gasteiger partial charge in [0, 0.05) is 25.1 Å². The third-order valence-electron chi connectivity index (χ3n) is 8.09. The zero-order valence-corrected chi connectivity index (χ0v) is 22.3. The summed E-state index contributed by atoms with van der Waals surface area (Å²) in [7, 11) is 3.22. The van der Waals surface area contributed by atoms with E-state index in [1.54, 1.807) is 19.2 Å². The molecular weight excluding hydrogens is 456 g/mol. The van der Waals surface area contributed by atoms with E-state index in [0.717, 1.165) is 17.7 Å². The van der Waals surface area contributed by atoms with E-state index in [2.05, 4.69) is 0 Å². The van der Waals surface area contributed by atoms with Crippen LogP contribution in [0.5, 0.6) is 11.5 Å². The van der Waals surface area contributed by atoms with Crippen molar-refractivity contribution in [1.29, 1.82) is 0 Å². The second-order valence-corrected chi connectivity index (χ2v) is 11.2. The molecule has 1 atom stereocenters. The number of hydrogen-bond acceptors (Lipinski definition) is 6. The first kappa shape index (κ1) is 26.5. The molecule has 8 heteroatoms. The molecular formula is C28H42N4O4. The molecule has 36 heavy (non-hydrogen) atoms. The Morgan fingerprint density at radius 3 is 2.39 bits per heavy atom. The molecule has 1 saturated heterocycles. The van der Waals surface area contributed by atoms with Crippen LogP contribution in [-0.2, 0) is 9.59 Å². The standard InChI is InChI=1S/C28H42N4O4/c1-28(2)18-23(20-10-11-24(35-3)25(17-20)36-4)30-32(27(28)34)21-12-14-31(15-13-21)26(33)22(29)16-19-8-6-5-7-9-19/h10-11,17,19,21-22H,5-9,12-16,18,29H2,1-4H3. The summed E-state index contributed by atoms with van der Waals surface area (Å²) in [6.45, 7) is 5.15. The Kier molecular flexibility index (Phi) is 8.23. The van der Waals surface area contributed by atoms with Gasteiger partial charge in [0.25, 0.3) is 0 Å². The number of carbonyl (C=O) groups is 2. The maximum Gasteiger partial charge on any atom is 0.248 e. The van der Waals surface area contributed by atoms with Gasteiger partial charge in [0.1, 0.15) is 0 Å². The van der Waals surface area contributed by atoms with Crippen LogP contribution in [0.1, 0.15) is 77.2 Å². The van der Waals surface area contributed by atoms with Crippen molar-refractivity contribution in [3.8, 4) is 11.5 Å². The van der Waals surface area contributed by atoms with E-state index >= 15 is 0 Å². The van der Waals surface area contributed by atoms with Gasteiger partial charge in [-0.05, 0) is 43.4 Å². The zero-order valence-electron chi connectivity index (χ0n) is 22.3. The molecule has 2 amide bonds. The third-order valence-corrected chi connectivity index (χ3v) is 8.09. The summed E-state index contributed by atoms with van der Waals surface area (Å²) < 4.78 is 10.8. The van der Waals surface area contributed by atoms with Gasteiger partial charge >= 0.3 is 0 Å². The number of hydrogen-bond donors (Lipinski definition) is 1. The Morgan fingerprint density at radius 1 is 1.08 bits per heavy atom. The lowest BCUT2D eigenvalue weighted by atomic mass is 9.82. The van der Waals surface area contributed by atoms with Crippen LogP contribution in [0.3, 0.4) is 0 Å². The highest BCUT2D eigenvalue weighted by Crippen LogP contribution is 2.36. The third kappa shape index (κ3) is 5.69. The van der Waals surface area contributed by atoms with Gasteiger partial charge in [0.2, 0.25) is 11.8 Å². The summed E-state index contributed by atoms with van der Waals surface area (Å²) in [4.78, 5) is 28.3. The molecule has 2 N–H and O–H groups in total. The molecule has 0 radical (unpaired) electrons. The van der Waals surface area contributed by atoms with E-state index in [-0.39, 0.29) is 17.9 Å². The topological polar surface area (TPSA) is 97.5 Å². The van der Waals surface area contributed by atoms with E-state index in [1.807, 2.05) is 36.9 Å². The van der Waals surface area contributed by atoms with Crippen molar-refractivity contribution in [3.63, 3.8) is 0 Å². The average molecular weight is 499 g/mol. The SMILES string of the molecule is COc1ccc(C2=NN(C3CCN(C(=O)C(N)CC4CCCCC4)CC3)C(=O)C(C)(C)C2)cc1OC. The number of carbonyl (C=O) groups excluding carboxylic acids is 2. The fourth-order valence-corrected chi connectivity index (χ4v) is 5.89. The van der Waals surface area contributed by atoms with Crippen LogP contribution in [0.4, 0.5) is 0 Å². The molecule has 4 rings (SSSR count). The Hall–Kier alpha value is -2.61. The van der Waals surface area contributed by atoms with Crippen LogP contribution >= 0.6 is 0 Å². The molecule has 0 bridgehead atoms. The van der Waals surface area contributed by atoms with Gasteiger partial charge in [-0.3, -0.25) is 9.59 Å². The molecule has 1 aromatic carbocycles. The fourth-order valence-electron chi connectivity index (χ4n) is 5.89. The number of piperidine rings is 1. The van der Waals surface area contributed by atoms with E-state index in [1.165, 1.54) is 32.1 Å². The normalized spacial score (nSPS) is 22.2. The summed E-state index contributed by atoms with van der Waals surface area (Å²) in [6, 6.07) is 5.28. The average Bonchev–Trinajstić information content (AvgIpc) is 2.90. The summed E-state index contributed by atoms with van der Waals surface area (Å²) in [5.74, 6) is 1.95. The number of rotatable bonds is 7. The summed E-state index contributed by atoms with van der Waals surface area (Å²) in [6.07, 6.45) is 8.93. The number of nitrogens with zero attached hydrogens (tertiary/aromatic N) is 3. The van der Waals surface area contributed by atoms with Crippen LogP contribution in [0.25, 0.3) is 0 Å². The maximum absolute atomic E-state index is 13.4. The molecule has 3 aliphatic rings. The van der Waals surface area contributed by atoms with Crippen LogP contribution < -0.4 is 15.2 Å². The van der Waals surface area contributed by atoms with Crippen molar-refractivity contribution in [3.05, 3.63) is 23.8 Å². The highest BCUT2D eigenvalue weighted by molar-refractivity contribution is 6.06. The first-order chi connectivity index (χ1) is 17.2. The second kappa shape index (κ2) is 11.2. The summed E-state index contributed by atoms with van der Waals surface area (Å²) in [5, 5.41) is 6.52. The Morgan fingerprint density at radius 2 is 1.75 bits per heavy atom. The molecule has 8 nitrogen and oxygen atoms in total. The number of benzene rings is 1. The maximum atomic E-state index is 13.4. The van der Waals surface area contributed by atoms with Gasteiger partial charge in [-0.25, -0.2) is 5.01 Å². The van der Waals surface area contributed by atoms with Crippen molar-refractivity contribution in [2.75, 3.05) is 27.3 Å². The van der Waals surface area contributed by atoms with Gasteiger partial charge < -0.3 is 20.1 Å². The minimum atomic E-state index is -0.570. The second-order valence-electron chi connectivity index (χ2n) is 11.2. The first-order valence-electron chi connectivity index (χ1n) is 13.4. The highest BCUT2D eigenvalue weighted by atomic mass is 16.5. The van der Waals surface area contributed by atoms with Crippen molar-refractivity contribution in [2.45, 2.75) is 83.7 Å². The Bertz CT molecular complexity index is 978. The summed E-state index contributed by atoms with van der Waals surface area (Å²) >= 11 is 0. The fraction of sp³-hybridized carbons (Fsp3) is 0.679. The van der Waals surface area contributed by atoms with Gasteiger partial charge in [-0.2, -0.15) is 5.10 Å². The molecule has 1 aromatic rings. The van der Waals surface area contributed by atoms with E-state index in [0.29, 0.717) is 49.8 Å². The molecule has 2 heterocycles. The van der Waals surface area contributed by atoms with E-state index in [9.17, 15) is 9.59 Å². The lowest BCUT2D eigenvalue weighted by Gasteiger charge is -2.42. The molecule has 2 fully saturated rings. The van der Waals surface area contributed by atoms with Gasteiger partial charge in [0.05, 0.1) is 37.4 Å². The molecule has 2 aliphatic heterocycles. The quantitative estimate of drug-likeness (QED) is 0.614. The Balaban J connectivity index is 1.44. The number of amides is 2. The van der Waals surface area contributed by atoms with Crippen LogP contribution in [0.2, 0.25) is 0 Å². The largest absolute Gasteiger partial charge is 0.493 e. The van der Waals surface area contributed by atoms with Gasteiger partial charge in [0.15, 0.2) is 11.5 Å². The Labute approximate surface area is 215 Å². The molecule has 1 saturated carbocycles. The molecule has 198 valence electrons. The molecule has 1 unspecified atom stereocenters. The molecule has 1 aliphatic carbocycles. The van der Waals surface area contributed by atoms with Crippen LogP contribution in [-0.4, -0.2) is 66.8 Å². The number of ether oxygens (including phenoxy) is 2. The van der Waals surface area contributed by atoms with Crippen molar-refractivity contribution >= 4 is 17.5 Å². The number of hydrazone groups is 1. The smallest absolute Gasteiger partial charge is 0.248 e. The minimum Gasteiger partial charge on any atom is -0.493 e. The van der Waals surface area contributed by atoms with Crippen molar-refractivity contribution < 1.29 is 19.1 Å². The monoisotopic (exact) mass is 498 g/mol. The van der Waals surface area contributed by atoms with Gasteiger partial charge in [-0.15, -0.1) is 0 Å². The number of methoxy groups -OCH3 is 2. The molecule has 0 spiro atoms. The van der Waals surface area contributed by atoms with Crippen LogP contribution in [0, 0.1) is 11.3 Å². The van der Waals surface area contributed by atoms with E-state index in [4.69, 9.17) is 20.3 Å². The van der Waals surface area contributed by atoms with Gasteiger partial charge in [-0.1, -0.05) is 46.0 Å².